The van der Waals surface area contributed by atoms with Crippen LogP contribution in [-0.4, -0.2) is 53.7 Å². The monoisotopic (exact) mass is 413 g/mol. The Morgan fingerprint density at radius 2 is 1.66 bits per heavy atom. The fourth-order valence-electron chi connectivity index (χ4n) is 3.89. The highest BCUT2D eigenvalue weighted by Crippen LogP contribution is 2.26. The van der Waals surface area contributed by atoms with Crippen LogP contribution in [0.1, 0.15) is 49.5 Å². The number of hydrogen-bond donors (Lipinski definition) is 1. The Morgan fingerprint density at radius 1 is 1.00 bits per heavy atom. The van der Waals surface area contributed by atoms with E-state index in [-0.39, 0.29) is 36.7 Å². The van der Waals surface area contributed by atoms with Crippen molar-refractivity contribution in [1.82, 2.24) is 15.1 Å². The summed E-state index contributed by atoms with van der Waals surface area (Å²) in [5.41, 5.74) is 2.04. The topological polar surface area (TPSA) is 69.7 Å². The highest BCUT2D eigenvalue weighted by Gasteiger charge is 2.36. The molecule has 0 radical (unpaired) electrons. The molecule has 0 unspecified atom stereocenters. The van der Waals surface area contributed by atoms with Crippen LogP contribution in [0.4, 0.5) is 0 Å². The molecule has 3 amide bonds. The number of benzene rings is 2. The number of piperidine rings is 1. The van der Waals surface area contributed by atoms with Crippen LogP contribution < -0.4 is 5.32 Å². The molecular formula is C22H24ClN3O3. The minimum absolute atomic E-state index is 0. The van der Waals surface area contributed by atoms with Crippen LogP contribution in [-0.2, 0) is 6.54 Å². The van der Waals surface area contributed by atoms with E-state index < -0.39 is 0 Å². The molecular weight excluding hydrogens is 390 g/mol. The number of nitrogens with zero attached hydrogens (tertiary/aromatic N) is 2. The van der Waals surface area contributed by atoms with Crippen molar-refractivity contribution in [2.45, 2.75) is 25.4 Å². The Labute approximate surface area is 176 Å². The van der Waals surface area contributed by atoms with Gasteiger partial charge < -0.3 is 10.2 Å². The van der Waals surface area contributed by atoms with Gasteiger partial charge in [-0.15, -0.1) is 12.4 Å². The summed E-state index contributed by atoms with van der Waals surface area (Å²) in [5.74, 6) is -0.732. The zero-order valence-electron chi connectivity index (χ0n) is 16.3. The fraction of sp³-hybridized carbons (Fsp3) is 0.318. The summed E-state index contributed by atoms with van der Waals surface area (Å²) < 4.78 is 0. The molecule has 1 fully saturated rings. The molecule has 6 nitrogen and oxygen atoms in total. The van der Waals surface area contributed by atoms with E-state index in [1.807, 2.05) is 42.3 Å². The van der Waals surface area contributed by atoms with Gasteiger partial charge >= 0.3 is 0 Å². The Bertz CT molecular complexity index is 924. The highest BCUT2D eigenvalue weighted by molar-refractivity contribution is 6.22. The van der Waals surface area contributed by atoms with Crippen LogP contribution in [0.2, 0.25) is 0 Å². The van der Waals surface area contributed by atoms with Gasteiger partial charge in [-0.3, -0.25) is 19.3 Å². The summed E-state index contributed by atoms with van der Waals surface area (Å²) in [5, 5.41) is 3.25. The van der Waals surface area contributed by atoms with Gasteiger partial charge in [-0.1, -0.05) is 30.3 Å². The molecule has 1 N–H and O–H groups in total. The van der Waals surface area contributed by atoms with Crippen LogP contribution in [0.3, 0.4) is 0 Å². The van der Waals surface area contributed by atoms with Crippen LogP contribution in [0.25, 0.3) is 0 Å². The van der Waals surface area contributed by atoms with Gasteiger partial charge in [0.2, 0.25) is 0 Å². The van der Waals surface area contributed by atoms with Gasteiger partial charge in [0.05, 0.1) is 17.7 Å². The van der Waals surface area contributed by atoms with E-state index >= 15 is 0 Å². The largest absolute Gasteiger partial charge is 0.339 e. The maximum Gasteiger partial charge on any atom is 0.261 e. The Hall–Kier alpha value is -2.70. The fourth-order valence-corrected chi connectivity index (χ4v) is 3.89. The van der Waals surface area contributed by atoms with Gasteiger partial charge in [-0.25, -0.2) is 0 Å². The zero-order chi connectivity index (χ0) is 19.7. The van der Waals surface area contributed by atoms with Gasteiger partial charge in [-0.05, 0) is 43.7 Å². The lowest BCUT2D eigenvalue weighted by atomic mass is 10.0. The summed E-state index contributed by atoms with van der Waals surface area (Å²) in [6, 6.07) is 14.7. The first-order chi connectivity index (χ1) is 13.6. The highest BCUT2D eigenvalue weighted by atomic mass is 35.5. The standard InChI is InChI=1S/C22H23N3O3.ClH/c1-23-17-9-11-24(12-10-17)20(26)16-7-8-18-19(13-16)22(28)25(21(18)27)14-15-5-3-2-4-6-15;/h2-8,13,17,23H,9-12,14H2,1H3;1H. The lowest BCUT2D eigenvalue weighted by Gasteiger charge is -2.31. The molecule has 0 aromatic heterocycles. The van der Waals surface area contributed by atoms with Crippen LogP contribution >= 0.6 is 12.4 Å². The molecule has 0 spiro atoms. The molecule has 152 valence electrons. The van der Waals surface area contributed by atoms with E-state index in [0.717, 1.165) is 18.4 Å². The molecule has 2 heterocycles. The number of likely N-dealkylation sites (tertiary alicyclic amines) is 1. The number of nitrogens with one attached hydrogen (secondary N) is 1. The number of imide groups is 1. The molecule has 0 atom stereocenters. The van der Waals surface area contributed by atoms with Crippen molar-refractivity contribution in [2.75, 3.05) is 20.1 Å². The second-order valence-electron chi connectivity index (χ2n) is 7.30. The quantitative estimate of drug-likeness (QED) is 0.782. The van der Waals surface area contributed by atoms with E-state index in [1.165, 1.54) is 4.90 Å². The van der Waals surface area contributed by atoms with Crippen LogP contribution in [0, 0.1) is 0 Å². The molecule has 1 saturated heterocycles. The predicted octanol–water partition coefficient (Wildman–Crippen LogP) is 2.73. The predicted molar refractivity (Wildman–Crippen MR) is 112 cm³/mol. The minimum Gasteiger partial charge on any atom is -0.339 e. The molecule has 0 aliphatic carbocycles. The number of amides is 3. The van der Waals surface area contributed by atoms with Gasteiger partial charge in [0.1, 0.15) is 0 Å². The third-order valence-corrected chi connectivity index (χ3v) is 5.59. The van der Waals surface area contributed by atoms with Crippen molar-refractivity contribution in [3.63, 3.8) is 0 Å². The summed E-state index contributed by atoms with van der Waals surface area (Å²) in [7, 11) is 1.94. The van der Waals surface area contributed by atoms with Crippen LogP contribution in [0.5, 0.6) is 0 Å². The van der Waals surface area contributed by atoms with Gasteiger partial charge in [0.25, 0.3) is 17.7 Å². The molecule has 0 saturated carbocycles. The summed E-state index contributed by atoms with van der Waals surface area (Å²) in [6.07, 6.45) is 1.82. The van der Waals surface area contributed by atoms with Crippen molar-refractivity contribution in [3.8, 4) is 0 Å². The van der Waals surface area contributed by atoms with E-state index in [4.69, 9.17) is 0 Å². The molecule has 4 rings (SSSR count). The molecule has 2 aromatic rings. The SMILES string of the molecule is CNC1CCN(C(=O)c2ccc3c(c2)C(=O)N(Cc2ccccc2)C3=O)CC1.Cl. The van der Waals surface area contributed by atoms with Gasteiger partial charge in [0.15, 0.2) is 0 Å². The number of carbonyl (C=O) groups excluding carboxylic acids is 3. The minimum atomic E-state index is -0.340. The Morgan fingerprint density at radius 3 is 2.31 bits per heavy atom. The van der Waals surface area contributed by atoms with Gasteiger partial charge in [0, 0.05) is 24.7 Å². The third kappa shape index (κ3) is 4.04. The number of rotatable bonds is 4. The van der Waals surface area contributed by atoms with E-state index in [0.29, 0.717) is 35.8 Å². The maximum absolute atomic E-state index is 12.9. The lowest BCUT2D eigenvalue weighted by Crippen LogP contribution is -2.44. The maximum atomic E-state index is 12.9. The number of fused-ring (bicyclic) bond motifs is 1. The van der Waals surface area contributed by atoms with Crippen molar-refractivity contribution in [2.24, 2.45) is 0 Å². The Kier molecular flexibility index (Phi) is 6.35. The first-order valence-corrected chi connectivity index (χ1v) is 9.59. The van der Waals surface area contributed by atoms with Crippen LogP contribution in [0.15, 0.2) is 48.5 Å². The first-order valence-electron chi connectivity index (χ1n) is 9.59. The molecule has 2 aliphatic rings. The molecule has 2 aromatic carbocycles. The average Bonchev–Trinajstić information content (AvgIpc) is 2.98. The van der Waals surface area contributed by atoms with Crippen molar-refractivity contribution >= 4 is 30.1 Å². The zero-order valence-corrected chi connectivity index (χ0v) is 17.1. The van der Waals surface area contributed by atoms with Crippen molar-refractivity contribution < 1.29 is 14.4 Å². The van der Waals surface area contributed by atoms with E-state index in [1.54, 1.807) is 18.2 Å². The second kappa shape index (κ2) is 8.76. The third-order valence-electron chi connectivity index (χ3n) is 5.59. The molecule has 7 heteroatoms. The summed E-state index contributed by atoms with van der Waals surface area (Å²) >= 11 is 0. The molecule has 2 aliphatic heterocycles. The number of halogens is 1. The molecule has 29 heavy (non-hydrogen) atoms. The number of hydrogen-bond acceptors (Lipinski definition) is 4. The van der Waals surface area contributed by atoms with Crippen molar-refractivity contribution in [1.29, 1.82) is 0 Å². The number of carbonyl (C=O) groups is 3. The molecule has 0 bridgehead atoms. The Balaban J connectivity index is 0.00000240. The van der Waals surface area contributed by atoms with E-state index in [9.17, 15) is 14.4 Å². The summed E-state index contributed by atoms with van der Waals surface area (Å²) in [4.78, 5) is 41.4. The van der Waals surface area contributed by atoms with Crippen molar-refractivity contribution in [3.05, 3.63) is 70.8 Å². The van der Waals surface area contributed by atoms with E-state index in [2.05, 4.69) is 5.32 Å². The normalized spacial score (nSPS) is 16.6. The summed E-state index contributed by atoms with van der Waals surface area (Å²) in [6.45, 7) is 1.61. The first kappa shape index (κ1) is 21.0. The average molecular weight is 414 g/mol. The smallest absolute Gasteiger partial charge is 0.261 e. The lowest BCUT2D eigenvalue weighted by molar-refractivity contribution is 0.0641. The van der Waals surface area contributed by atoms with Gasteiger partial charge in [-0.2, -0.15) is 0 Å². The second-order valence-corrected chi connectivity index (χ2v) is 7.30.